The maximum absolute atomic E-state index is 11.9. The van der Waals surface area contributed by atoms with E-state index in [1.807, 2.05) is 25.1 Å². The Balaban J connectivity index is 1.66. The van der Waals surface area contributed by atoms with Crippen LogP contribution in [0.5, 0.6) is 0 Å². The Morgan fingerprint density at radius 3 is 2.72 bits per heavy atom. The van der Waals surface area contributed by atoms with Crippen LogP contribution in [-0.2, 0) is 12.1 Å². The topological polar surface area (TPSA) is 42.2 Å². The molecule has 1 aliphatic carbocycles. The first-order valence-corrected chi connectivity index (χ1v) is 9.40. The molecule has 25 heavy (non-hydrogen) atoms. The quantitative estimate of drug-likeness (QED) is 0.627. The lowest BCUT2D eigenvalue weighted by Gasteiger charge is -2.43. The third kappa shape index (κ3) is 3.16. The van der Waals surface area contributed by atoms with Crippen molar-refractivity contribution in [3.63, 3.8) is 0 Å². The summed E-state index contributed by atoms with van der Waals surface area (Å²) in [5.74, 6) is 0. The third-order valence-electron chi connectivity index (χ3n) is 5.19. The summed E-state index contributed by atoms with van der Waals surface area (Å²) in [6.07, 6.45) is 3.44. The van der Waals surface area contributed by atoms with Crippen LogP contribution in [0.1, 0.15) is 36.0 Å². The molecule has 4 heteroatoms. The summed E-state index contributed by atoms with van der Waals surface area (Å²) >= 11 is 3.57. The maximum Gasteiger partial charge on any atom is 0.336 e. The number of benzene rings is 2. The Morgan fingerprint density at radius 2 is 2.00 bits per heavy atom. The average molecular weight is 398 g/mol. The molecule has 0 saturated heterocycles. The SMILES string of the molecule is Cc1ccc2c(CNC3(c4cccc(Br)c4)CCC3)cc(=O)oc2c1. The molecule has 0 spiro atoms. The first-order chi connectivity index (χ1) is 12.1. The highest BCUT2D eigenvalue weighted by molar-refractivity contribution is 9.10. The van der Waals surface area contributed by atoms with E-state index in [0.29, 0.717) is 12.1 Å². The van der Waals surface area contributed by atoms with Gasteiger partial charge in [0.1, 0.15) is 5.58 Å². The van der Waals surface area contributed by atoms with Crippen LogP contribution < -0.4 is 10.9 Å². The van der Waals surface area contributed by atoms with Gasteiger partial charge in [0.2, 0.25) is 0 Å². The zero-order valence-corrected chi connectivity index (χ0v) is 15.7. The van der Waals surface area contributed by atoms with Crippen LogP contribution in [0.15, 0.2) is 62.2 Å². The predicted octanol–water partition coefficient (Wildman–Crippen LogP) is 5.03. The standard InChI is InChI=1S/C21H20BrNO2/c1-14-6-7-18-15(11-20(24)25-19(18)10-14)13-23-21(8-3-9-21)16-4-2-5-17(22)12-16/h2,4-7,10-12,23H,3,8-9,13H2,1H3. The van der Waals surface area contributed by atoms with Crippen molar-refractivity contribution in [1.82, 2.24) is 5.32 Å². The Morgan fingerprint density at radius 1 is 1.16 bits per heavy atom. The molecule has 1 fully saturated rings. The largest absolute Gasteiger partial charge is 0.423 e. The molecule has 1 N–H and O–H groups in total. The maximum atomic E-state index is 11.9. The number of fused-ring (bicyclic) bond motifs is 1. The van der Waals surface area contributed by atoms with Crippen molar-refractivity contribution in [2.24, 2.45) is 0 Å². The van der Waals surface area contributed by atoms with E-state index >= 15 is 0 Å². The minimum atomic E-state index is -0.292. The van der Waals surface area contributed by atoms with Gasteiger partial charge in [0.25, 0.3) is 0 Å². The van der Waals surface area contributed by atoms with Gasteiger partial charge in [0.05, 0.1) is 0 Å². The number of hydrogen-bond acceptors (Lipinski definition) is 3. The van der Waals surface area contributed by atoms with Crippen molar-refractivity contribution >= 4 is 26.9 Å². The van der Waals surface area contributed by atoms with E-state index in [0.717, 1.165) is 33.8 Å². The van der Waals surface area contributed by atoms with Gasteiger partial charge in [-0.1, -0.05) is 40.2 Å². The van der Waals surface area contributed by atoms with E-state index in [1.165, 1.54) is 12.0 Å². The lowest BCUT2D eigenvalue weighted by atomic mass is 9.71. The van der Waals surface area contributed by atoms with Crippen LogP contribution in [-0.4, -0.2) is 0 Å². The van der Waals surface area contributed by atoms with Gasteiger partial charge < -0.3 is 9.73 Å². The fourth-order valence-corrected chi connectivity index (χ4v) is 4.03. The second-order valence-corrected chi connectivity index (χ2v) is 7.81. The van der Waals surface area contributed by atoms with E-state index in [1.54, 1.807) is 6.07 Å². The average Bonchev–Trinajstić information content (AvgIpc) is 2.53. The molecule has 1 aliphatic rings. The van der Waals surface area contributed by atoms with Crippen molar-refractivity contribution in [3.8, 4) is 0 Å². The second-order valence-electron chi connectivity index (χ2n) is 6.89. The van der Waals surface area contributed by atoms with E-state index < -0.39 is 0 Å². The van der Waals surface area contributed by atoms with E-state index in [2.05, 4.69) is 45.5 Å². The van der Waals surface area contributed by atoms with Crippen molar-refractivity contribution in [2.75, 3.05) is 0 Å². The van der Waals surface area contributed by atoms with Crippen LogP contribution >= 0.6 is 15.9 Å². The number of nitrogens with one attached hydrogen (secondary N) is 1. The lowest BCUT2D eigenvalue weighted by Crippen LogP contribution is -2.47. The molecule has 0 unspecified atom stereocenters. The third-order valence-corrected chi connectivity index (χ3v) is 5.68. The van der Waals surface area contributed by atoms with Crippen molar-refractivity contribution in [2.45, 2.75) is 38.3 Å². The molecule has 0 atom stereocenters. The van der Waals surface area contributed by atoms with Gasteiger partial charge >= 0.3 is 5.63 Å². The zero-order valence-electron chi connectivity index (χ0n) is 14.1. The molecule has 0 bridgehead atoms. The Bertz CT molecular complexity index is 989. The first kappa shape index (κ1) is 16.6. The zero-order chi connectivity index (χ0) is 17.4. The van der Waals surface area contributed by atoms with Crippen LogP contribution in [0.25, 0.3) is 11.0 Å². The van der Waals surface area contributed by atoms with Crippen LogP contribution in [0.4, 0.5) is 0 Å². The van der Waals surface area contributed by atoms with Crippen molar-refractivity contribution in [1.29, 1.82) is 0 Å². The molecule has 0 aliphatic heterocycles. The fraction of sp³-hybridized carbons (Fsp3) is 0.286. The van der Waals surface area contributed by atoms with Gasteiger partial charge in [0, 0.05) is 28.0 Å². The molecule has 1 aromatic heterocycles. The molecular weight excluding hydrogens is 378 g/mol. The summed E-state index contributed by atoms with van der Waals surface area (Å²) in [6.45, 7) is 2.65. The Labute approximate surface area is 155 Å². The fourth-order valence-electron chi connectivity index (χ4n) is 3.63. The lowest BCUT2D eigenvalue weighted by molar-refractivity contribution is 0.183. The normalized spacial score (nSPS) is 15.9. The number of hydrogen-bond donors (Lipinski definition) is 1. The predicted molar refractivity (Wildman–Crippen MR) is 104 cm³/mol. The number of aryl methyl sites for hydroxylation is 1. The van der Waals surface area contributed by atoms with Gasteiger partial charge in [-0.3, -0.25) is 0 Å². The summed E-state index contributed by atoms with van der Waals surface area (Å²) in [5, 5.41) is 4.73. The molecule has 0 radical (unpaired) electrons. The Hall–Kier alpha value is -1.91. The summed E-state index contributed by atoms with van der Waals surface area (Å²) in [7, 11) is 0. The van der Waals surface area contributed by atoms with E-state index in [9.17, 15) is 4.79 Å². The second kappa shape index (κ2) is 6.43. The molecule has 2 aromatic carbocycles. The van der Waals surface area contributed by atoms with Crippen molar-refractivity contribution in [3.05, 3.63) is 80.1 Å². The Kier molecular flexibility index (Phi) is 4.26. The molecule has 1 saturated carbocycles. The van der Waals surface area contributed by atoms with Crippen LogP contribution in [0.3, 0.4) is 0 Å². The molecule has 4 rings (SSSR count). The van der Waals surface area contributed by atoms with E-state index in [4.69, 9.17) is 4.42 Å². The highest BCUT2D eigenvalue weighted by atomic mass is 79.9. The smallest absolute Gasteiger partial charge is 0.336 e. The summed E-state index contributed by atoms with van der Waals surface area (Å²) < 4.78 is 6.46. The van der Waals surface area contributed by atoms with Gasteiger partial charge in [-0.2, -0.15) is 0 Å². The summed E-state index contributed by atoms with van der Waals surface area (Å²) in [6, 6.07) is 16.1. The van der Waals surface area contributed by atoms with Crippen LogP contribution in [0.2, 0.25) is 0 Å². The van der Waals surface area contributed by atoms with Crippen molar-refractivity contribution < 1.29 is 4.42 Å². The first-order valence-electron chi connectivity index (χ1n) is 8.60. The molecule has 0 amide bonds. The van der Waals surface area contributed by atoms with Crippen LogP contribution in [0, 0.1) is 6.92 Å². The molecular formula is C21H20BrNO2. The summed E-state index contributed by atoms with van der Waals surface area (Å²) in [5.41, 5.74) is 3.75. The molecule has 3 aromatic rings. The molecule has 128 valence electrons. The number of rotatable bonds is 4. The van der Waals surface area contributed by atoms with Gasteiger partial charge in [-0.05, 0) is 61.1 Å². The van der Waals surface area contributed by atoms with Gasteiger partial charge in [-0.15, -0.1) is 0 Å². The van der Waals surface area contributed by atoms with Gasteiger partial charge in [0.15, 0.2) is 0 Å². The minimum absolute atomic E-state index is 0.00314. The summed E-state index contributed by atoms with van der Waals surface area (Å²) in [4.78, 5) is 11.9. The molecule has 1 heterocycles. The van der Waals surface area contributed by atoms with E-state index in [-0.39, 0.29) is 11.2 Å². The number of halogens is 1. The minimum Gasteiger partial charge on any atom is -0.423 e. The highest BCUT2D eigenvalue weighted by Gasteiger charge is 2.38. The highest BCUT2D eigenvalue weighted by Crippen LogP contribution is 2.42. The molecule has 3 nitrogen and oxygen atoms in total. The monoisotopic (exact) mass is 397 g/mol. The van der Waals surface area contributed by atoms with Gasteiger partial charge in [-0.25, -0.2) is 4.79 Å².